The highest BCUT2D eigenvalue weighted by atomic mass is 16.6. The van der Waals surface area contributed by atoms with Gasteiger partial charge in [-0.05, 0) is 61.1 Å². The number of amides is 2. The molecule has 31 heavy (non-hydrogen) atoms. The second-order valence-corrected chi connectivity index (χ2v) is 9.21. The molecule has 2 aliphatic carbocycles. The van der Waals surface area contributed by atoms with Gasteiger partial charge >= 0.3 is 6.09 Å². The largest absolute Gasteiger partial charge is 0.443 e. The van der Waals surface area contributed by atoms with Crippen molar-refractivity contribution >= 4 is 40.0 Å². The topological polar surface area (TPSA) is 97.6 Å². The molecule has 3 fully saturated rings. The van der Waals surface area contributed by atoms with Gasteiger partial charge in [0.25, 0.3) is 0 Å². The number of ether oxygens (including phenoxy) is 1. The van der Waals surface area contributed by atoms with Crippen LogP contribution in [0.4, 0.5) is 22.0 Å². The molecule has 1 aromatic heterocycles. The molecule has 1 aliphatic heterocycles. The van der Waals surface area contributed by atoms with Crippen LogP contribution in [-0.4, -0.2) is 29.1 Å². The number of anilines is 3. The van der Waals surface area contributed by atoms with E-state index in [9.17, 15) is 9.59 Å². The highest BCUT2D eigenvalue weighted by molar-refractivity contribution is 6.02. The van der Waals surface area contributed by atoms with E-state index in [4.69, 9.17) is 10.5 Å². The Labute approximate surface area is 182 Å². The van der Waals surface area contributed by atoms with Gasteiger partial charge in [0, 0.05) is 23.2 Å². The van der Waals surface area contributed by atoms with Gasteiger partial charge in [-0.3, -0.25) is 9.69 Å². The van der Waals surface area contributed by atoms with Crippen molar-refractivity contribution in [2.24, 2.45) is 17.8 Å². The standard InChI is InChI=1S/C24H30N4O3/c1-3-13-9-17(13)23(29)27-21-10-15-8-16(11-19(25)18(15)12-26-21)28-20(4-2)22(31-24(28)30)14-6-5-7-14/h8,10-14,17,20,22H,3-7,9,25H2,1-2H3,(H,26,27,29)/t13-,17+,20?,22?/m0/s1. The molecule has 2 saturated carbocycles. The number of benzene rings is 1. The summed E-state index contributed by atoms with van der Waals surface area (Å²) in [6, 6.07) is 5.62. The molecule has 7 nitrogen and oxygen atoms in total. The lowest BCUT2D eigenvalue weighted by molar-refractivity contribution is -0.117. The molecule has 164 valence electrons. The first-order valence-electron chi connectivity index (χ1n) is 11.5. The highest BCUT2D eigenvalue weighted by Gasteiger charge is 2.47. The van der Waals surface area contributed by atoms with Crippen LogP contribution in [0.5, 0.6) is 0 Å². The minimum Gasteiger partial charge on any atom is -0.443 e. The fourth-order valence-corrected chi connectivity index (χ4v) is 5.14. The molecule has 2 amide bonds. The maximum absolute atomic E-state index is 12.8. The van der Waals surface area contributed by atoms with Crippen LogP contribution in [0, 0.1) is 17.8 Å². The van der Waals surface area contributed by atoms with E-state index in [-0.39, 0.29) is 30.1 Å². The van der Waals surface area contributed by atoms with Crippen molar-refractivity contribution in [3.05, 3.63) is 24.4 Å². The Morgan fingerprint density at radius 3 is 2.71 bits per heavy atom. The second kappa shape index (κ2) is 7.70. The summed E-state index contributed by atoms with van der Waals surface area (Å²) in [5, 5.41) is 4.59. The molecular formula is C24H30N4O3. The van der Waals surface area contributed by atoms with Gasteiger partial charge < -0.3 is 15.8 Å². The number of rotatable bonds is 6. The number of hydrogen-bond acceptors (Lipinski definition) is 5. The van der Waals surface area contributed by atoms with E-state index < -0.39 is 0 Å². The summed E-state index contributed by atoms with van der Waals surface area (Å²) in [4.78, 5) is 31.4. The molecule has 7 heteroatoms. The fourth-order valence-electron chi connectivity index (χ4n) is 5.14. The number of pyridine rings is 1. The average Bonchev–Trinajstić information content (AvgIpc) is 3.43. The molecule has 0 spiro atoms. The van der Waals surface area contributed by atoms with Crippen molar-refractivity contribution in [1.29, 1.82) is 0 Å². The summed E-state index contributed by atoms with van der Waals surface area (Å²) in [5.74, 6) is 1.57. The van der Waals surface area contributed by atoms with E-state index in [2.05, 4.69) is 24.1 Å². The van der Waals surface area contributed by atoms with Crippen molar-refractivity contribution in [2.75, 3.05) is 16.0 Å². The van der Waals surface area contributed by atoms with Gasteiger partial charge in [-0.2, -0.15) is 0 Å². The van der Waals surface area contributed by atoms with Gasteiger partial charge in [-0.25, -0.2) is 9.78 Å². The minimum absolute atomic E-state index is 0.0107. The third-order valence-corrected chi connectivity index (χ3v) is 7.34. The Balaban J connectivity index is 1.44. The molecule has 3 aliphatic rings. The number of nitrogens with zero attached hydrogens (tertiary/aromatic N) is 2. The number of carbonyl (C=O) groups excluding carboxylic acids is 2. The Morgan fingerprint density at radius 1 is 1.26 bits per heavy atom. The molecule has 0 bridgehead atoms. The zero-order valence-electron chi connectivity index (χ0n) is 18.1. The van der Waals surface area contributed by atoms with E-state index in [1.165, 1.54) is 6.42 Å². The third-order valence-electron chi connectivity index (χ3n) is 7.34. The zero-order chi connectivity index (χ0) is 21.7. The van der Waals surface area contributed by atoms with Crippen molar-refractivity contribution in [1.82, 2.24) is 4.98 Å². The average molecular weight is 423 g/mol. The SMILES string of the molecule is CCC1C(C2CCC2)OC(=O)N1c1cc(N)c2cnc(NC(=O)[C@@H]3C[C@@H]3CC)cc2c1. The summed E-state index contributed by atoms with van der Waals surface area (Å²) in [6.07, 6.45) is 7.57. The fraction of sp³-hybridized carbons (Fsp3) is 0.542. The van der Waals surface area contributed by atoms with Gasteiger partial charge in [0.05, 0.1) is 11.7 Å². The van der Waals surface area contributed by atoms with Crippen LogP contribution in [0.2, 0.25) is 0 Å². The maximum atomic E-state index is 12.8. The third kappa shape index (κ3) is 3.50. The molecule has 3 N–H and O–H groups in total. The molecule has 2 aromatic rings. The van der Waals surface area contributed by atoms with Gasteiger partial charge in [0.2, 0.25) is 5.91 Å². The van der Waals surface area contributed by atoms with Crippen LogP contribution in [0.15, 0.2) is 24.4 Å². The normalized spacial score (nSPS) is 27.8. The molecule has 4 atom stereocenters. The number of carbonyl (C=O) groups is 2. The minimum atomic E-state index is -0.301. The van der Waals surface area contributed by atoms with Gasteiger partial charge in [-0.15, -0.1) is 0 Å². The van der Waals surface area contributed by atoms with Gasteiger partial charge in [-0.1, -0.05) is 26.7 Å². The second-order valence-electron chi connectivity index (χ2n) is 9.21. The van der Waals surface area contributed by atoms with Crippen LogP contribution in [0.3, 0.4) is 0 Å². The number of nitrogens with two attached hydrogens (primary N) is 1. The van der Waals surface area contributed by atoms with Crippen molar-refractivity contribution in [2.45, 2.75) is 64.5 Å². The predicted octanol–water partition coefficient (Wildman–Crippen LogP) is 4.71. The van der Waals surface area contributed by atoms with Crippen molar-refractivity contribution in [3.8, 4) is 0 Å². The summed E-state index contributed by atoms with van der Waals surface area (Å²) >= 11 is 0. The quantitative estimate of drug-likeness (QED) is 0.657. The number of aromatic nitrogens is 1. The summed E-state index contributed by atoms with van der Waals surface area (Å²) in [6.45, 7) is 4.20. The van der Waals surface area contributed by atoms with Crippen molar-refractivity contribution in [3.63, 3.8) is 0 Å². The highest BCUT2D eigenvalue weighted by Crippen LogP contribution is 2.43. The summed E-state index contributed by atoms with van der Waals surface area (Å²) in [7, 11) is 0. The Hall–Kier alpha value is -2.83. The molecule has 0 radical (unpaired) electrons. The van der Waals surface area contributed by atoms with Gasteiger partial charge in [0.15, 0.2) is 0 Å². The van der Waals surface area contributed by atoms with Gasteiger partial charge in [0.1, 0.15) is 11.9 Å². The van der Waals surface area contributed by atoms with E-state index in [1.807, 2.05) is 18.2 Å². The number of cyclic esters (lactones) is 1. The lowest BCUT2D eigenvalue weighted by atomic mass is 9.78. The van der Waals surface area contributed by atoms with Crippen molar-refractivity contribution < 1.29 is 14.3 Å². The Morgan fingerprint density at radius 2 is 2.06 bits per heavy atom. The van der Waals surface area contributed by atoms with E-state index >= 15 is 0 Å². The lowest BCUT2D eigenvalue weighted by Gasteiger charge is -2.33. The predicted molar refractivity (Wildman–Crippen MR) is 121 cm³/mol. The molecule has 5 rings (SSSR count). The first kappa shape index (κ1) is 20.1. The molecule has 1 saturated heterocycles. The first-order chi connectivity index (χ1) is 15.0. The van der Waals surface area contributed by atoms with Crippen LogP contribution in [-0.2, 0) is 9.53 Å². The summed E-state index contributed by atoms with van der Waals surface area (Å²) < 4.78 is 5.79. The van der Waals surface area contributed by atoms with Crippen LogP contribution in [0.1, 0.15) is 52.4 Å². The van der Waals surface area contributed by atoms with E-state index in [0.717, 1.165) is 48.6 Å². The van der Waals surface area contributed by atoms with E-state index in [0.29, 0.717) is 23.3 Å². The molecule has 2 unspecified atom stereocenters. The number of nitrogens with one attached hydrogen (secondary N) is 1. The van der Waals surface area contributed by atoms with E-state index in [1.54, 1.807) is 11.1 Å². The number of fused-ring (bicyclic) bond motifs is 1. The zero-order valence-corrected chi connectivity index (χ0v) is 18.1. The van der Waals surface area contributed by atoms with Crippen LogP contribution in [0.25, 0.3) is 10.8 Å². The summed E-state index contributed by atoms with van der Waals surface area (Å²) in [5.41, 5.74) is 7.62. The number of nitrogen functional groups attached to an aromatic ring is 1. The molecule has 2 heterocycles. The van der Waals surface area contributed by atoms with Crippen LogP contribution < -0.4 is 16.0 Å². The smallest absolute Gasteiger partial charge is 0.415 e. The first-order valence-corrected chi connectivity index (χ1v) is 11.5. The number of hydrogen-bond donors (Lipinski definition) is 2. The maximum Gasteiger partial charge on any atom is 0.415 e. The molecule has 1 aromatic carbocycles. The monoisotopic (exact) mass is 422 g/mol. The van der Waals surface area contributed by atoms with Crippen LogP contribution >= 0.6 is 0 Å². The Kier molecular flexibility index (Phi) is 4.99. The molecular weight excluding hydrogens is 392 g/mol. The Bertz CT molecular complexity index is 1030. The lowest BCUT2D eigenvalue weighted by Crippen LogP contribution is -2.41.